The minimum Gasteiger partial charge on any atom is -0.444 e. The number of hydrogen-bond acceptors (Lipinski definition) is 3. The lowest BCUT2D eigenvalue weighted by atomic mass is 10.1. The van der Waals surface area contributed by atoms with Crippen molar-refractivity contribution < 1.29 is 14.6 Å². The van der Waals surface area contributed by atoms with Crippen LogP contribution in [0.15, 0.2) is 42.5 Å². The van der Waals surface area contributed by atoms with Gasteiger partial charge in [-0.25, -0.2) is 4.79 Å². The highest BCUT2D eigenvalue weighted by molar-refractivity contribution is 6.91. The van der Waals surface area contributed by atoms with Gasteiger partial charge in [-0.15, -0.1) is 0 Å². The van der Waals surface area contributed by atoms with Gasteiger partial charge < -0.3 is 15.2 Å². The van der Waals surface area contributed by atoms with E-state index in [1.165, 1.54) is 75.8 Å². The Bertz CT molecular complexity index is 727. The summed E-state index contributed by atoms with van der Waals surface area (Å²) in [5.41, 5.74) is -0.512. The fourth-order valence-electron chi connectivity index (χ4n) is 4.81. The van der Waals surface area contributed by atoms with Gasteiger partial charge in [0.1, 0.15) is 5.60 Å². The Kier molecular flexibility index (Phi) is 16.0. The van der Waals surface area contributed by atoms with E-state index in [1.54, 1.807) is 0 Å². The first-order valence-electron chi connectivity index (χ1n) is 14.4. The number of unbranched alkanes of at least 4 members (excludes halogenated alkanes) is 11. The van der Waals surface area contributed by atoms with E-state index in [0.717, 1.165) is 6.42 Å². The molecule has 0 bridgehead atoms. The lowest BCUT2D eigenvalue weighted by Crippen LogP contribution is -2.55. The van der Waals surface area contributed by atoms with Crippen LogP contribution in [0, 0.1) is 0 Å². The Labute approximate surface area is 223 Å². The third-order valence-corrected chi connectivity index (χ3v) is 11.1. The Morgan fingerprint density at radius 3 is 1.97 bits per heavy atom. The molecule has 0 aliphatic heterocycles. The van der Waals surface area contributed by atoms with Gasteiger partial charge in [-0.3, -0.25) is 0 Å². The first kappa shape index (κ1) is 32.4. The van der Waals surface area contributed by atoms with Gasteiger partial charge in [0.15, 0.2) is 0 Å². The number of allylic oxidation sites excluding steroid dienone is 1. The van der Waals surface area contributed by atoms with Crippen molar-refractivity contribution >= 4 is 19.4 Å². The summed E-state index contributed by atoms with van der Waals surface area (Å²) in [6.45, 7) is 12.4. The number of amides is 1. The van der Waals surface area contributed by atoms with E-state index < -0.39 is 19.8 Å². The number of carbonyl (C=O) groups excluding carboxylic acids is 1. The number of aliphatic hydroxyl groups excluding tert-OH is 1. The summed E-state index contributed by atoms with van der Waals surface area (Å²) in [6.07, 6.45) is 19.9. The zero-order chi connectivity index (χ0) is 26.9. The van der Waals surface area contributed by atoms with Crippen molar-refractivity contribution in [2.45, 2.75) is 135 Å². The van der Waals surface area contributed by atoms with Gasteiger partial charge in [0.05, 0.1) is 20.7 Å². The van der Waals surface area contributed by atoms with Crippen LogP contribution >= 0.6 is 0 Å². The normalized spacial score (nSPS) is 14.1. The highest BCUT2D eigenvalue weighted by atomic mass is 28.3. The number of nitrogens with one attached hydrogen (secondary N) is 1. The van der Waals surface area contributed by atoms with E-state index in [9.17, 15) is 9.90 Å². The molecular formula is C31H55NO3Si. The van der Waals surface area contributed by atoms with E-state index in [2.05, 4.69) is 61.8 Å². The number of benzene rings is 1. The summed E-state index contributed by atoms with van der Waals surface area (Å²) in [5, 5.41) is 14.6. The van der Waals surface area contributed by atoms with Crippen molar-refractivity contribution in [3.05, 3.63) is 42.5 Å². The molecule has 0 saturated heterocycles. The maximum absolute atomic E-state index is 12.5. The van der Waals surface area contributed by atoms with E-state index >= 15 is 0 Å². The van der Waals surface area contributed by atoms with Crippen LogP contribution in [-0.2, 0) is 4.74 Å². The van der Waals surface area contributed by atoms with Gasteiger partial charge in [0.25, 0.3) is 0 Å². The average Bonchev–Trinajstić information content (AvgIpc) is 2.82. The fourth-order valence-corrected chi connectivity index (χ4v) is 8.06. The maximum atomic E-state index is 12.5. The van der Waals surface area contributed by atoms with Gasteiger partial charge in [-0.2, -0.15) is 0 Å². The molecule has 206 valence electrons. The molecule has 0 aromatic heterocycles. The minimum absolute atomic E-state index is 0.0603. The largest absolute Gasteiger partial charge is 0.444 e. The molecule has 4 nitrogen and oxygen atoms in total. The zero-order valence-electron chi connectivity index (χ0n) is 24.2. The van der Waals surface area contributed by atoms with E-state index in [0.29, 0.717) is 0 Å². The molecule has 0 radical (unpaired) electrons. The molecule has 5 heteroatoms. The highest BCUT2D eigenvalue weighted by Crippen LogP contribution is 2.28. The van der Waals surface area contributed by atoms with E-state index in [1.807, 2.05) is 26.8 Å². The predicted molar refractivity (Wildman–Crippen MR) is 158 cm³/mol. The lowest BCUT2D eigenvalue weighted by molar-refractivity contribution is 0.0483. The van der Waals surface area contributed by atoms with Crippen molar-refractivity contribution in [3.8, 4) is 0 Å². The van der Waals surface area contributed by atoms with Crippen LogP contribution in [-0.4, -0.2) is 37.5 Å². The van der Waals surface area contributed by atoms with Crippen molar-refractivity contribution in [2.75, 3.05) is 6.61 Å². The van der Waals surface area contributed by atoms with Gasteiger partial charge in [-0.05, 0) is 39.2 Å². The Balaban J connectivity index is 2.64. The number of alkyl carbamates (subject to hydrolysis) is 1. The molecule has 1 rings (SSSR count). The maximum Gasteiger partial charge on any atom is 0.407 e. The standard InChI is InChI=1S/C31H55NO3Si/c1-7-8-9-10-11-12-13-14-15-16-17-18-22-25-29(36(5,6)27-23-20-19-21-24-27)28(26-33)32-30(34)35-31(2,3)4/h19-25,28-29,33H,7-18,26H2,1-6H3,(H,32,34)/b25-22+/t28-,29-/m0/s1. The Morgan fingerprint density at radius 2 is 1.47 bits per heavy atom. The predicted octanol–water partition coefficient (Wildman–Crippen LogP) is 8.12. The summed E-state index contributed by atoms with van der Waals surface area (Å²) < 4.78 is 5.49. The first-order chi connectivity index (χ1) is 17.1. The summed E-state index contributed by atoms with van der Waals surface area (Å²) >= 11 is 0. The van der Waals surface area contributed by atoms with Crippen LogP contribution in [0.25, 0.3) is 0 Å². The summed E-state index contributed by atoms with van der Waals surface area (Å²) in [7, 11) is -2.04. The minimum atomic E-state index is -2.04. The highest BCUT2D eigenvalue weighted by Gasteiger charge is 2.38. The van der Waals surface area contributed by atoms with Gasteiger partial charge >= 0.3 is 6.09 Å². The van der Waals surface area contributed by atoms with E-state index in [-0.39, 0.29) is 18.2 Å². The molecule has 0 heterocycles. The average molecular weight is 518 g/mol. The second kappa shape index (κ2) is 17.8. The number of ether oxygens (including phenoxy) is 1. The van der Waals surface area contributed by atoms with Crippen LogP contribution in [0.1, 0.15) is 105 Å². The van der Waals surface area contributed by atoms with Crippen molar-refractivity contribution in [3.63, 3.8) is 0 Å². The number of hydrogen-bond donors (Lipinski definition) is 2. The molecule has 1 aromatic carbocycles. The van der Waals surface area contributed by atoms with Crippen molar-refractivity contribution in [1.29, 1.82) is 0 Å². The molecule has 1 amide bonds. The number of carbonyl (C=O) groups is 1. The summed E-state index contributed by atoms with van der Waals surface area (Å²) in [5.74, 6) is 0. The quantitative estimate of drug-likeness (QED) is 0.117. The van der Waals surface area contributed by atoms with Crippen LogP contribution in [0.3, 0.4) is 0 Å². The van der Waals surface area contributed by atoms with Gasteiger partial charge in [0.2, 0.25) is 0 Å². The number of rotatable bonds is 18. The molecule has 0 spiro atoms. The molecule has 1 aromatic rings. The second-order valence-corrected chi connectivity index (χ2v) is 16.5. The zero-order valence-corrected chi connectivity index (χ0v) is 25.2. The molecule has 0 fully saturated rings. The monoisotopic (exact) mass is 517 g/mol. The number of aliphatic hydroxyl groups is 1. The smallest absolute Gasteiger partial charge is 0.407 e. The SMILES string of the molecule is CCCCCCCCCCCCC/C=C/[C@@H]([C@H](CO)NC(=O)OC(C)(C)C)[Si](C)(C)c1ccccc1. The Morgan fingerprint density at radius 1 is 0.944 bits per heavy atom. The van der Waals surface area contributed by atoms with Crippen molar-refractivity contribution in [1.82, 2.24) is 5.32 Å². The first-order valence-corrected chi connectivity index (χ1v) is 17.5. The fraction of sp³-hybridized carbons (Fsp3) is 0.710. The van der Waals surface area contributed by atoms with Crippen LogP contribution < -0.4 is 10.5 Å². The molecule has 2 N–H and O–H groups in total. The molecule has 0 unspecified atom stereocenters. The van der Waals surface area contributed by atoms with Crippen LogP contribution in [0.2, 0.25) is 18.6 Å². The van der Waals surface area contributed by atoms with Gasteiger partial charge in [-0.1, -0.05) is 132 Å². The Hall–Kier alpha value is -1.59. The molecular weight excluding hydrogens is 462 g/mol. The molecule has 0 aliphatic rings. The second-order valence-electron chi connectivity index (χ2n) is 11.8. The topological polar surface area (TPSA) is 58.6 Å². The summed E-state index contributed by atoms with van der Waals surface area (Å²) in [4.78, 5) is 12.5. The molecule has 0 saturated carbocycles. The third kappa shape index (κ3) is 13.6. The summed E-state index contributed by atoms with van der Waals surface area (Å²) in [6, 6.07) is 10.2. The van der Waals surface area contributed by atoms with Crippen LogP contribution in [0.5, 0.6) is 0 Å². The lowest BCUT2D eigenvalue weighted by Gasteiger charge is -2.36. The van der Waals surface area contributed by atoms with E-state index in [4.69, 9.17) is 4.74 Å². The van der Waals surface area contributed by atoms with Crippen LogP contribution in [0.4, 0.5) is 4.79 Å². The van der Waals surface area contributed by atoms with Gasteiger partial charge in [0, 0.05) is 0 Å². The van der Waals surface area contributed by atoms with Crippen molar-refractivity contribution in [2.24, 2.45) is 0 Å². The molecule has 36 heavy (non-hydrogen) atoms. The molecule has 2 atom stereocenters. The third-order valence-electron chi connectivity index (χ3n) is 7.00. The molecule has 0 aliphatic carbocycles.